The van der Waals surface area contributed by atoms with Crippen molar-refractivity contribution in [3.8, 4) is 0 Å². The number of carbonyl (C=O) groups excluding carboxylic acids is 1. The number of allylic oxidation sites excluding steroid dienone is 1. The normalized spacial score (nSPS) is 13.7. The topological polar surface area (TPSA) is 49.6 Å². The van der Waals surface area contributed by atoms with Crippen molar-refractivity contribution < 1.29 is 4.79 Å². The van der Waals surface area contributed by atoms with Gasteiger partial charge >= 0.3 is 0 Å². The van der Waals surface area contributed by atoms with Crippen molar-refractivity contribution in [1.29, 1.82) is 0 Å². The number of carbonyl (C=O) groups is 1. The SMILES string of the molecule is C=CCCC(C=C)N1Cc2cc(CCNCCCCC(=O)c3ccc4nccn4c3)ccc2C1=C. The van der Waals surface area contributed by atoms with Gasteiger partial charge in [0.1, 0.15) is 5.65 Å². The zero-order valence-corrected chi connectivity index (χ0v) is 20.6. The minimum Gasteiger partial charge on any atom is -0.361 e. The molecule has 1 aliphatic heterocycles. The van der Waals surface area contributed by atoms with E-state index in [1.165, 1.54) is 16.7 Å². The second kappa shape index (κ2) is 11.8. The third-order valence-electron chi connectivity index (χ3n) is 6.82. The van der Waals surface area contributed by atoms with Crippen molar-refractivity contribution >= 4 is 17.1 Å². The Labute approximate surface area is 208 Å². The van der Waals surface area contributed by atoms with Gasteiger partial charge in [0.2, 0.25) is 0 Å². The molecule has 2 aromatic heterocycles. The van der Waals surface area contributed by atoms with Crippen molar-refractivity contribution in [2.24, 2.45) is 0 Å². The van der Waals surface area contributed by atoms with Gasteiger partial charge in [-0.1, -0.05) is 36.9 Å². The number of pyridine rings is 1. The van der Waals surface area contributed by atoms with E-state index in [0.717, 1.165) is 68.6 Å². The molecule has 1 aromatic carbocycles. The summed E-state index contributed by atoms with van der Waals surface area (Å²) < 4.78 is 1.89. The van der Waals surface area contributed by atoms with E-state index in [1.807, 2.05) is 41.1 Å². The summed E-state index contributed by atoms with van der Waals surface area (Å²) >= 11 is 0. The summed E-state index contributed by atoms with van der Waals surface area (Å²) in [6, 6.07) is 10.8. The van der Waals surface area contributed by atoms with Crippen molar-refractivity contribution in [2.75, 3.05) is 13.1 Å². The molecule has 5 heteroatoms. The van der Waals surface area contributed by atoms with Crippen molar-refractivity contribution in [2.45, 2.75) is 51.1 Å². The molecule has 35 heavy (non-hydrogen) atoms. The monoisotopic (exact) mass is 468 g/mol. The highest BCUT2D eigenvalue weighted by Crippen LogP contribution is 2.35. The first-order valence-electron chi connectivity index (χ1n) is 12.6. The van der Waals surface area contributed by atoms with E-state index in [4.69, 9.17) is 0 Å². The number of imidazole rings is 1. The van der Waals surface area contributed by atoms with Crippen LogP contribution in [0.1, 0.15) is 59.2 Å². The summed E-state index contributed by atoms with van der Waals surface area (Å²) in [5.74, 6) is 0.192. The van der Waals surface area contributed by atoms with Crippen LogP contribution < -0.4 is 5.32 Å². The van der Waals surface area contributed by atoms with Crippen LogP contribution in [0, 0.1) is 0 Å². The number of unbranched alkanes of at least 4 members (excludes halogenated alkanes) is 1. The first-order valence-corrected chi connectivity index (χ1v) is 12.6. The van der Waals surface area contributed by atoms with Gasteiger partial charge in [0.15, 0.2) is 5.78 Å². The summed E-state index contributed by atoms with van der Waals surface area (Å²) in [4.78, 5) is 19.0. The quantitative estimate of drug-likeness (QED) is 0.184. The maximum Gasteiger partial charge on any atom is 0.164 e. The Bertz CT molecular complexity index is 1210. The lowest BCUT2D eigenvalue weighted by atomic mass is 10.0. The van der Waals surface area contributed by atoms with Gasteiger partial charge in [0.05, 0.1) is 0 Å². The van der Waals surface area contributed by atoms with Gasteiger partial charge < -0.3 is 14.6 Å². The summed E-state index contributed by atoms with van der Waals surface area (Å²) in [6.45, 7) is 15.0. The van der Waals surface area contributed by atoms with Gasteiger partial charge in [-0.3, -0.25) is 4.79 Å². The Morgan fingerprint density at radius 3 is 2.89 bits per heavy atom. The second-order valence-corrected chi connectivity index (χ2v) is 9.23. The number of nitrogens with zero attached hydrogens (tertiary/aromatic N) is 3. The minimum atomic E-state index is 0.192. The summed E-state index contributed by atoms with van der Waals surface area (Å²) in [5, 5.41) is 3.53. The van der Waals surface area contributed by atoms with E-state index >= 15 is 0 Å². The first kappa shape index (κ1) is 24.7. The first-order chi connectivity index (χ1) is 17.1. The molecule has 0 spiro atoms. The van der Waals surface area contributed by atoms with Crippen molar-refractivity contribution in [1.82, 2.24) is 19.6 Å². The number of Topliss-reactive ketones (excluding diaryl/α,β-unsaturated/α-hetero) is 1. The van der Waals surface area contributed by atoms with Crippen molar-refractivity contribution in [3.05, 3.63) is 103 Å². The number of hydrogen-bond donors (Lipinski definition) is 1. The molecule has 1 unspecified atom stereocenters. The highest BCUT2D eigenvalue weighted by atomic mass is 16.1. The number of benzene rings is 1. The molecule has 0 saturated carbocycles. The molecule has 0 amide bonds. The van der Waals surface area contributed by atoms with Crippen LogP contribution >= 0.6 is 0 Å². The smallest absolute Gasteiger partial charge is 0.164 e. The molecule has 182 valence electrons. The van der Waals surface area contributed by atoms with Crippen LogP contribution in [0.2, 0.25) is 0 Å². The average Bonchev–Trinajstić information content (AvgIpc) is 3.47. The van der Waals surface area contributed by atoms with Crippen LogP contribution in [0.4, 0.5) is 0 Å². The molecule has 0 fully saturated rings. The van der Waals surface area contributed by atoms with Crippen LogP contribution in [0.15, 0.2) is 80.8 Å². The maximum atomic E-state index is 12.5. The summed E-state index contributed by atoms with van der Waals surface area (Å²) in [7, 11) is 0. The maximum absolute atomic E-state index is 12.5. The number of hydrogen-bond acceptors (Lipinski definition) is 4. The highest BCUT2D eigenvalue weighted by molar-refractivity contribution is 5.96. The molecule has 0 radical (unpaired) electrons. The van der Waals surface area contributed by atoms with Gasteiger partial charge in [-0.05, 0) is 68.5 Å². The number of rotatable bonds is 14. The lowest BCUT2D eigenvalue weighted by molar-refractivity contribution is 0.0979. The van der Waals surface area contributed by atoms with Crippen LogP contribution in [0.5, 0.6) is 0 Å². The predicted molar refractivity (Wildman–Crippen MR) is 144 cm³/mol. The van der Waals surface area contributed by atoms with Gasteiger partial charge in [-0.2, -0.15) is 0 Å². The van der Waals surface area contributed by atoms with Crippen LogP contribution in [-0.4, -0.2) is 39.2 Å². The summed E-state index contributed by atoms with van der Waals surface area (Å²) in [6.07, 6.45) is 14.9. The summed E-state index contributed by atoms with van der Waals surface area (Å²) in [5.41, 5.74) is 6.66. The third kappa shape index (κ3) is 5.98. The minimum absolute atomic E-state index is 0.192. The number of ketones is 1. The molecule has 3 aromatic rings. The van der Waals surface area contributed by atoms with E-state index in [9.17, 15) is 4.79 Å². The van der Waals surface area contributed by atoms with Gasteiger partial charge in [0, 0.05) is 54.4 Å². The van der Waals surface area contributed by atoms with Crippen LogP contribution in [-0.2, 0) is 13.0 Å². The fraction of sp³-hybridized carbons (Fsp3) is 0.333. The van der Waals surface area contributed by atoms with E-state index in [0.29, 0.717) is 12.5 Å². The Morgan fingerprint density at radius 2 is 2.06 bits per heavy atom. The zero-order valence-electron chi connectivity index (χ0n) is 20.6. The molecule has 1 atom stereocenters. The highest BCUT2D eigenvalue weighted by Gasteiger charge is 2.26. The number of aromatic nitrogens is 2. The molecule has 1 N–H and O–H groups in total. The van der Waals surface area contributed by atoms with E-state index in [1.54, 1.807) is 6.20 Å². The lowest BCUT2D eigenvalue weighted by Crippen LogP contribution is -2.27. The largest absolute Gasteiger partial charge is 0.361 e. The van der Waals surface area contributed by atoms with Gasteiger partial charge in [0.25, 0.3) is 0 Å². The van der Waals surface area contributed by atoms with E-state index in [-0.39, 0.29) is 5.78 Å². The Hall–Kier alpha value is -3.44. The fourth-order valence-corrected chi connectivity index (χ4v) is 4.78. The third-order valence-corrected chi connectivity index (χ3v) is 6.82. The van der Waals surface area contributed by atoms with E-state index < -0.39 is 0 Å². The Morgan fingerprint density at radius 1 is 1.17 bits per heavy atom. The molecular formula is C30H36N4O. The van der Waals surface area contributed by atoms with E-state index in [2.05, 4.69) is 53.1 Å². The molecule has 1 aliphatic rings. The molecule has 5 nitrogen and oxygen atoms in total. The Balaban J connectivity index is 1.16. The van der Waals surface area contributed by atoms with Crippen LogP contribution in [0.3, 0.4) is 0 Å². The molecular weight excluding hydrogens is 432 g/mol. The second-order valence-electron chi connectivity index (χ2n) is 9.23. The molecule has 3 heterocycles. The number of fused-ring (bicyclic) bond motifs is 2. The van der Waals surface area contributed by atoms with Gasteiger partial charge in [-0.15, -0.1) is 13.2 Å². The van der Waals surface area contributed by atoms with Gasteiger partial charge in [-0.25, -0.2) is 4.98 Å². The van der Waals surface area contributed by atoms with Crippen LogP contribution in [0.25, 0.3) is 11.3 Å². The zero-order chi connectivity index (χ0) is 24.6. The number of nitrogens with one attached hydrogen (secondary N) is 1. The average molecular weight is 469 g/mol. The standard InChI is InChI=1S/C30H36N4O/c1-4-6-9-27(5-2)34-22-26-20-24(11-13-28(26)23(34)3)15-17-31-16-8-7-10-29(35)25-12-14-30-32-18-19-33(30)21-25/h4-5,11-14,18-21,27,31H,1-3,6-10,15-17,22H2. The lowest BCUT2D eigenvalue weighted by Gasteiger charge is -2.27. The molecule has 0 saturated heterocycles. The van der Waals surface area contributed by atoms with Crippen molar-refractivity contribution in [3.63, 3.8) is 0 Å². The Kier molecular flexibility index (Phi) is 8.32. The predicted octanol–water partition coefficient (Wildman–Crippen LogP) is 5.83. The molecule has 4 rings (SSSR count). The fourth-order valence-electron chi connectivity index (χ4n) is 4.78. The molecule has 0 bridgehead atoms. The molecule has 0 aliphatic carbocycles.